The highest BCUT2D eigenvalue weighted by atomic mass is 19.1. The van der Waals surface area contributed by atoms with Gasteiger partial charge < -0.3 is 10.5 Å². The van der Waals surface area contributed by atoms with Gasteiger partial charge in [-0.1, -0.05) is 19.4 Å². The van der Waals surface area contributed by atoms with Gasteiger partial charge in [-0.05, 0) is 35.9 Å². The fourth-order valence-electron chi connectivity index (χ4n) is 3.21. The molecule has 0 radical (unpaired) electrons. The maximum atomic E-state index is 14.8. The van der Waals surface area contributed by atoms with Gasteiger partial charge in [-0.25, -0.2) is 9.18 Å². The van der Waals surface area contributed by atoms with Crippen LogP contribution in [0.3, 0.4) is 0 Å². The molecule has 10 heteroatoms. The van der Waals surface area contributed by atoms with Gasteiger partial charge in [-0.2, -0.15) is 4.80 Å². The number of tetrazole rings is 1. The van der Waals surface area contributed by atoms with Crippen molar-refractivity contribution < 1.29 is 19.7 Å². The van der Waals surface area contributed by atoms with E-state index in [2.05, 4.69) is 33.1 Å². The first-order chi connectivity index (χ1) is 14.6. The molecule has 156 valence electrons. The van der Waals surface area contributed by atoms with Crippen LogP contribution >= 0.6 is 0 Å². The van der Waals surface area contributed by atoms with Crippen LogP contribution in [0.5, 0.6) is 0 Å². The van der Waals surface area contributed by atoms with Gasteiger partial charge in [0.1, 0.15) is 18.1 Å². The lowest BCUT2D eigenvalue weighted by Gasteiger charge is -2.14. The van der Waals surface area contributed by atoms with E-state index in [1.807, 2.05) is 0 Å². The Morgan fingerprint density at radius 1 is 1.30 bits per heavy atom. The first-order valence-electron chi connectivity index (χ1n) is 9.90. The van der Waals surface area contributed by atoms with E-state index >= 15 is 0 Å². The highest BCUT2D eigenvalue weighted by molar-refractivity contribution is 5.90. The lowest BCUT2D eigenvalue weighted by atomic mass is 10.1. The minimum Gasteiger partial charge on any atom is -0.438 e. The minimum atomic E-state index is -0.485. The van der Waals surface area contributed by atoms with Crippen LogP contribution in [0.25, 0.3) is 22.6 Å². The second kappa shape index (κ2) is 8.54. The van der Waals surface area contributed by atoms with Crippen LogP contribution in [-0.2, 0) is 11.3 Å². The molecule has 1 saturated heterocycles. The summed E-state index contributed by atoms with van der Waals surface area (Å²) in [6.07, 6.45) is 2.83. The summed E-state index contributed by atoms with van der Waals surface area (Å²) >= 11 is 0. The van der Waals surface area contributed by atoms with Crippen molar-refractivity contribution >= 4 is 11.8 Å². The molecule has 1 amide bonds. The molecule has 1 aliphatic heterocycles. The summed E-state index contributed by atoms with van der Waals surface area (Å²) in [6, 6.07) is 8.15. The SMILES string of the molecule is CCCCn1nnc(-c2ccc(-c3ccc(N4C[C@H](C[NH3+])OC4=O)cc3F)cn2)n1. The molecule has 30 heavy (non-hydrogen) atoms. The third-order valence-corrected chi connectivity index (χ3v) is 4.93. The van der Waals surface area contributed by atoms with Crippen LogP contribution in [0.2, 0.25) is 0 Å². The zero-order valence-corrected chi connectivity index (χ0v) is 16.7. The highest BCUT2D eigenvalue weighted by Crippen LogP contribution is 2.29. The molecule has 4 rings (SSSR count). The molecule has 1 atom stereocenters. The number of ether oxygens (including phenoxy) is 1. The van der Waals surface area contributed by atoms with Crippen LogP contribution < -0.4 is 10.6 Å². The molecule has 3 heterocycles. The molecule has 3 aromatic rings. The maximum Gasteiger partial charge on any atom is 0.414 e. The lowest BCUT2D eigenvalue weighted by Crippen LogP contribution is -2.56. The molecule has 0 bridgehead atoms. The number of unbranched alkanes of at least 4 members (excludes halogenated alkanes) is 1. The van der Waals surface area contributed by atoms with Crippen molar-refractivity contribution in [3.8, 4) is 22.6 Å². The number of nitrogens with zero attached hydrogens (tertiary/aromatic N) is 6. The van der Waals surface area contributed by atoms with E-state index in [9.17, 15) is 9.18 Å². The number of amides is 1. The number of pyridine rings is 1. The second-order valence-corrected chi connectivity index (χ2v) is 7.06. The fraction of sp³-hybridized carbons (Fsp3) is 0.350. The van der Waals surface area contributed by atoms with E-state index in [0.717, 1.165) is 12.8 Å². The number of aryl methyl sites for hydroxylation is 1. The topological polar surface area (TPSA) is 114 Å². The van der Waals surface area contributed by atoms with Crippen molar-refractivity contribution in [2.24, 2.45) is 0 Å². The molecule has 1 fully saturated rings. The fourth-order valence-corrected chi connectivity index (χ4v) is 3.21. The maximum absolute atomic E-state index is 14.8. The third kappa shape index (κ3) is 3.99. The Balaban J connectivity index is 1.52. The third-order valence-electron chi connectivity index (χ3n) is 4.93. The van der Waals surface area contributed by atoms with E-state index in [-0.39, 0.29) is 6.10 Å². The second-order valence-electron chi connectivity index (χ2n) is 7.06. The number of anilines is 1. The van der Waals surface area contributed by atoms with Gasteiger partial charge >= 0.3 is 6.09 Å². The van der Waals surface area contributed by atoms with Crippen LogP contribution in [0.15, 0.2) is 36.5 Å². The molecule has 1 aromatic carbocycles. The standard InChI is InChI=1S/C20H22FN7O2/c1-2-3-8-28-25-19(24-26-28)18-7-4-13(11-23-18)16-6-5-14(9-17(16)21)27-12-15(10-22)30-20(27)29/h4-7,9,11,15H,2-3,8,10,12,22H2,1H3/p+1/t15-/m0/s1. The number of hydrogen-bond donors (Lipinski definition) is 1. The normalized spacial score (nSPS) is 16.2. The number of rotatable bonds is 7. The van der Waals surface area contributed by atoms with E-state index in [4.69, 9.17) is 4.74 Å². The molecule has 0 spiro atoms. The van der Waals surface area contributed by atoms with Gasteiger partial charge in [0.25, 0.3) is 0 Å². The van der Waals surface area contributed by atoms with E-state index in [1.165, 1.54) is 11.0 Å². The Bertz CT molecular complexity index is 1040. The van der Waals surface area contributed by atoms with E-state index < -0.39 is 11.9 Å². The molecule has 3 N–H and O–H groups in total. The molecular weight excluding hydrogens is 389 g/mol. The number of hydrogen-bond acceptors (Lipinski definition) is 6. The predicted molar refractivity (Wildman–Crippen MR) is 107 cm³/mol. The number of carbonyl (C=O) groups excluding carboxylic acids is 1. The smallest absolute Gasteiger partial charge is 0.414 e. The Hall–Kier alpha value is -3.40. The van der Waals surface area contributed by atoms with Crippen LogP contribution in [0.4, 0.5) is 14.9 Å². The quantitative estimate of drug-likeness (QED) is 0.634. The number of carbonyl (C=O) groups is 1. The van der Waals surface area contributed by atoms with Crippen molar-refractivity contribution in [3.05, 3.63) is 42.3 Å². The van der Waals surface area contributed by atoms with E-state index in [1.54, 1.807) is 35.3 Å². The number of quaternary nitrogens is 1. The average molecular weight is 412 g/mol. The zero-order valence-electron chi connectivity index (χ0n) is 16.7. The Morgan fingerprint density at radius 2 is 2.17 bits per heavy atom. The minimum absolute atomic E-state index is 0.273. The first kappa shape index (κ1) is 19.9. The molecule has 0 unspecified atom stereocenters. The molecule has 1 aliphatic rings. The highest BCUT2D eigenvalue weighted by Gasteiger charge is 2.32. The van der Waals surface area contributed by atoms with Gasteiger partial charge in [0.2, 0.25) is 5.82 Å². The number of aromatic nitrogens is 5. The van der Waals surface area contributed by atoms with Gasteiger partial charge in [-0.3, -0.25) is 9.88 Å². The largest absolute Gasteiger partial charge is 0.438 e. The molecule has 0 aliphatic carbocycles. The summed E-state index contributed by atoms with van der Waals surface area (Å²) in [5.74, 6) is -0.0162. The van der Waals surface area contributed by atoms with Gasteiger partial charge in [0, 0.05) is 17.3 Å². The summed E-state index contributed by atoms with van der Waals surface area (Å²) < 4.78 is 20.0. The van der Waals surface area contributed by atoms with Crippen molar-refractivity contribution in [1.82, 2.24) is 25.2 Å². The molecule has 9 nitrogen and oxygen atoms in total. The molecule has 0 saturated carbocycles. The monoisotopic (exact) mass is 412 g/mol. The predicted octanol–water partition coefficient (Wildman–Crippen LogP) is 1.91. The van der Waals surface area contributed by atoms with Crippen molar-refractivity contribution in [2.45, 2.75) is 32.4 Å². The zero-order chi connectivity index (χ0) is 21.1. The summed E-state index contributed by atoms with van der Waals surface area (Å²) in [5.41, 5.74) is 5.77. The van der Waals surface area contributed by atoms with Gasteiger partial charge in [-0.15, -0.1) is 10.2 Å². The summed E-state index contributed by atoms with van der Waals surface area (Å²) in [6.45, 7) is 3.64. The molecule has 2 aromatic heterocycles. The Morgan fingerprint density at radius 3 is 2.83 bits per heavy atom. The van der Waals surface area contributed by atoms with Gasteiger partial charge in [0.05, 0.1) is 18.8 Å². The summed E-state index contributed by atoms with van der Waals surface area (Å²) in [4.78, 5) is 19.3. The van der Waals surface area contributed by atoms with Crippen molar-refractivity contribution in [1.29, 1.82) is 0 Å². The van der Waals surface area contributed by atoms with Crippen LogP contribution in [0.1, 0.15) is 19.8 Å². The van der Waals surface area contributed by atoms with Crippen LogP contribution in [0, 0.1) is 5.82 Å². The lowest BCUT2D eigenvalue weighted by molar-refractivity contribution is -0.380. The van der Waals surface area contributed by atoms with E-state index in [0.29, 0.717) is 48.0 Å². The van der Waals surface area contributed by atoms with Crippen LogP contribution in [-0.4, -0.2) is 50.5 Å². The Labute approximate surface area is 172 Å². The Kier molecular flexibility index (Phi) is 5.66. The number of benzene rings is 1. The first-order valence-corrected chi connectivity index (χ1v) is 9.90. The number of cyclic esters (lactones) is 1. The van der Waals surface area contributed by atoms with Gasteiger partial charge in [0.15, 0.2) is 6.10 Å². The summed E-state index contributed by atoms with van der Waals surface area (Å²) in [5, 5.41) is 12.4. The summed E-state index contributed by atoms with van der Waals surface area (Å²) in [7, 11) is 0. The average Bonchev–Trinajstić information content (AvgIpc) is 3.39. The molecular formula is C20H23FN7O2+. The van der Waals surface area contributed by atoms with Crippen molar-refractivity contribution in [2.75, 3.05) is 18.0 Å². The number of halogens is 1. The van der Waals surface area contributed by atoms with Crippen molar-refractivity contribution in [3.63, 3.8) is 0 Å².